The van der Waals surface area contributed by atoms with Gasteiger partial charge in [-0.15, -0.1) is 11.3 Å². The predicted molar refractivity (Wildman–Crippen MR) is 128 cm³/mol. The number of thiazole rings is 1. The van der Waals surface area contributed by atoms with E-state index in [9.17, 15) is 9.59 Å². The lowest BCUT2D eigenvalue weighted by atomic mass is 9.96. The van der Waals surface area contributed by atoms with Crippen molar-refractivity contribution in [1.29, 1.82) is 0 Å². The SMILES string of the molecule is COCCCNC(=O)C1CCN(CC(=O)Nc2nc(-c3ccc(OC)cc3OC)cs2)CC1. The number of hydrogen-bond acceptors (Lipinski definition) is 8. The van der Waals surface area contributed by atoms with Crippen LogP contribution in [0.15, 0.2) is 23.6 Å². The molecule has 2 amide bonds. The maximum atomic E-state index is 12.5. The van der Waals surface area contributed by atoms with E-state index in [2.05, 4.69) is 20.5 Å². The number of ether oxygens (including phenoxy) is 3. The Balaban J connectivity index is 1.46. The van der Waals surface area contributed by atoms with Gasteiger partial charge in [0.1, 0.15) is 11.5 Å². The molecule has 180 valence electrons. The van der Waals surface area contributed by atoms with Crippen LogP contribution in [0.25, 0.3) is 11.3 Å². The summed E-state index contributed by atoms with van der Waals surface area (Å²) >= 11 is 1.37. The molecule has 1 aromatic heterocycles. The van der Waals surface area contributed by atoms with Crippen LogP contribution in [0, 0.1) is 5.92 Å². The summed E-state index contributed by atoms with van der Waals surface area (Å²) in [6.07, 6.45) is 2.31. The number of nitrogens with one attached hydrogen (secondary N) is 2. The van der Waals surface area contributed by atoms with Gasteiger partial charge < -0.3 is 24.8 Å². The maximum absolute atomic E-state index is 12.5. The lowest BCUT2D eigenvalue weighted by Gasteiger charge is -2.30. The Bertz CT molecular complexity index is 927. The van der Waals surface area contributed by atoms with Crippen LogP contribution in [0.1, 0.15) is 19.3 Å². The quantitative estimate of drug-likeness (QED) is 0.481. The average Bonchev–Trinajstić information content (AvgIpc) is 3.29. The minimum Gasteiger partial charge on any atom is -0.497 e. The molecule has 0 aliphatic carbocycles. The number of aromatic nitrogens is 1. The van der Waals surface area contributed by atoms with E-state index in [1.54, 1.807) is 27.4 Å². The van der Waals surface area contributed by atoms with Gasteiger partial charge in [-0.05, 0) is 44.5 Å². The highest BCUT2D eigenvalue weighted by Crippen LogP contribution is 2.34. The van der Waals surface area contributed by atoms with Crippen molar-refractivity contribution in [3.8, 4) is 22.8 Å². The average molecular weight is 477 g/mol. The fourth-order valence-corrected chi connectivity index (χ4v) is 4.48. The highest BCUT2D eigenvalue weighted by Gasteiger charge is 2.26. The van der Waals surface area contributed by atoms with Crippen molar-refractivity contribution in [2.45, 2.75) is 19.3 Å². The van der Waals surface area contributed by atoms with E-state index in [0.717, 1.165) is 43.6 Å². The number of piperidine rings is 1. The van der Waals surface area contributed by atoms with Gasteiger partial charge in [-0.1, -0.05) is 0 Å². The number of carbonyl (C=O) groups excluding carboxylic acids is 2. The molecule has 0 saturated carbocycles. The highest BCUT2D eigenvalue weighted by atomic mass is 32.1. The Hall–Kier alpha value is -2.69. The molecule has 2 aromatic rings. The number of amides is 2. The number of nitrogens with zero attached hydrogens (tertiary/aromatic N) is 2. The van der Waals surface area contributed by atoms with Gasteiger partial charge in [0.15, 0.2) is 5.13 Å². The number of likely N-dealkylation sites (tertiary alicyclic amines) is 1. The molecule has 1 aromatic carbocycles. The third-order valence-corrected chi connectivity index (χ3v) is 6.34. The molecule has 0 spiro atoms. The summed E-state index contributed by atoms with van der Waals surface area (Å²) < 4.78 is 15.7. The first-order valence-electron chi connectivity index (χ1n) is 11.0. The summed E-state index contributed by atoms with van der Waals surface area (Å²) in [7, 11) is 4.85. The van der Waals surface area contributed by atoms with Crippen molar-refractivity contribution in [1.82, 2.24) is 15.2 Å². The minimum absolute atomic E-state index is 0.00727. The topological polar surface area (TPSA) is 102 Å². The third kappa shape index (κ3) is 7.15. The van der Waals surface area contributed by atoms with Gasteiger partial charge in [-0.3, -0.25) is 14.5 Å². The smallest absolute Gasteiger partial charge is 0.240 e. The molecule has 0 unspecified atom stereocenters. The van der Waals surface area contributed by atoms with Crippen molar-refractivity contribution in [3.05, 3.63) is 23.6 Å². The van der Waals surface area contributed by atoms with Crippen LogP contribution >= 0.6 is 11.3 Å². The van der Waals surface area contributed by atoms with Crippen LogP contribution in [-0.2, 0) is 14.3 Å². The summed E-state index contributed by atoms with van der Waals surface area (Å²) in [4.78, 5) is 31.4. The Kier molecular flexibility index (Phi) is 9.47. The molecule has 0 bridgehead atoms. The molecule has 1 fully saturated rings. The molecule has 9 nitrogen and oxygen atoms in total. The summed E-state index contributed by atoms with van der Waals surface area (Å²) in [6, 6.07) is 5.53. The van der Waals surface area contributed by atoms with E-state index in [-0.39, 0.29) is 24.3 Å². The van der Waals surface area contributed by atoms with Gasteiger partial charge >= 0.3 is 0 Å². The zero-order chi connectivity index (χ0) is 23.6. The van der Waals surface area contributed by atoms with Crippen LogP contribution in [0.3, 0.4) is 0 Å². The molecule has 2 heterocycles. The van der Waals surface area contributed by atoms with Gasteiger partial charge in [-0.25, -0.2) is 4.98 Å². The summed E-state index contributed by atoms with van der Waals surface area (Å²) in [5, 5.41) is 8.28. The minimum atomic E-state index is -0.111. The van der Waals surface area contributed by atoms with Crippen LogP contribution < -0.4 is 20.1 Å². The Labute approximate surface area is 198 Å². The van der Waals surface area contributed by atoms with Gasteiger partial charge in [0.05, 0.1) is 26.5 Å². The first kappa shape index (κ1) is 24.9. The van der Waals surface area contributed by atoms with Crippen molar-refractivity contribution in [2.24, 2.45) is 5.92 Å². The molecule has 2 N–H and O–H groups in total. The van der Waals surface area contributed by atoms with E-state index in [0.29, 0.717) is 29.8 Å². The monoisotopic (exact) mass is 476 g/mol. The Morgan fingerprint density at radius 3 is 2.67 bits per heavy atom. The largest absolute Gasteiger partial charge is 0.497 e. The molecule has 33 heavy (non-hydrogen) atoms. The van der Waals surface area contributed by atoms with Crippen LogP contribution in [0.2, 0.25) is 0 Å². The van der Waals surface area contributed by atoms with Crippen LogP contribution in [0.5, 0.6) is 11.5 Å². The van der Waals surface area contributed by atoms with E-state index in [1.165, 1.54) is 11.3 Å². The molecule has 0 atom stereocenters. The third-order valence-electron chi connectivity index (χ3n) is 5.59. The van der Waals surface area contributed by atoms with Gasteiger partial charge in [-0.2, -0.15) is 0 Å². The normalized spacial score (nSPS) is 14.6. The predicted octanol–water partition coefficient (Wildman–Crippen LogP) is 2.63. The second kappa shape index (κ2) is 12.5. The molecule has 3 rings (SSSR count). The van der Waals surface area contributed by atoms with E-state index in [4.69, 9.17) is 14.2 Å². The molecule has 10 heteroatoms. The second-order valence-corrected chi connectivity index (χ2v) is 8.70. The fourth-order valence-electron chi connectivity index (χ4n) is 3.75. The Morgan fingerprint density at radius 1 is 1.18 bits per heavy atom. The lowest BCUT2D eigenvalue weighted by molar-refractivity contribution is -0.126. The zero-order valence-corrected chi connectivity index (χ0v) is 20.2. The molecule has 0 radical (unpaired) electrons. The molecule has 1 saturated heterocycles. The fraction of sp³-hybridized carbons (Fsp3) is 0.522. The maximum Gasteiger partial charge on any atom is 0.240 e. The number of hydrogen-bond donors (Lipinski definition) is 2. The molecular weight excluding hydrogens is 444 g/mol. The number of rotatable bonds is 11. The van der Waals surface area contributed by atoms with Gasteiger partial charge in [0.2, 0.25) is 11.8 Å². The number of anilines is 1. The Morgan fingerprint density at radius 2 is 1.97 bits per heavy atom. The van der Waals surface area contributed by atoms with Crippen molar-refractivity contribution in [3.63, 3.8) is 0 Å². The van der Waals surface area contributed by atoms with E-state index >= 15 is 0 Å². The molecule has 1 aliphatic heterocycles. The summed E-state index contributed by atoms with van der Waals surface area (Å²) in [5.74, 6) is 1.35. The van der Waals surface area contributed by atoms with Gasteiger partial charge in [0.25, 0.3) is 0 Å². The standard InChI is InChI=1S/C23H32N4O5S/c1-30-12-4-9-24-22(29)16-7-10-27(11-8-16)14-21(28)26-23-25-19(15-33-23)18-6-5-17(31-2)13-20(18)32-3/h5-6,13,15-16H,4,7-12,14H2,1-3H3,(H,24,29)(H,25,26,28). The second-order valence-electron chi connectivity index (χ2n) is 7.84. The van der Waals surface area contributed by atoms with Gasteiger partial charge in [0, 0.05) is 43.2 Å². The first-order valence-corrected chi connectivity index (χ1v) is 11.9. The summed E-state index contributed by atoms with van der Waals surface area (Å²) in [5.41, 5.74) is 1.56. The number of methoxy groups -OCH3 is 3. The molecule has 1 aliphatic rings. The lowest BCUT2D eigenvalue weighted by Crippen LogP contribution is -2.43. The van der Waals surface area contributed by atoms with Crippen molar-refractivity contribution >= 4 is 28.3 Å². The van der Waals surface area contributed by atoms with E-state index in [1.807, 2.05) is 17.5 Å². The first-order chi connectivity index (χ1) is 16.0. The van der Waals surface area contributed by atoms with Crippen LogP contribution in [0.4, 0.5) is 5.13 Å². The van der Waals surface area contributed by atoms with Crippen molar-refractivity contribution < 1.29 is 23.8 Å². The van der Waals surface area contributed by atoms with E-state index < -0.39 is 0 Å². The summed E-state index contributed by atoms with van der Waals surface area (Å²) in [6.45, 7) is 2.99. The number of benzene rings is 1. The zero-order valence-electron chi connectivity index (χ0n) is 19.4. The highest BCUT2D eigenvalue weighted by molar-refractivity contribution is 7.14. The van der Waals surface area contributed by atoms with Crippen LogP contribution in [-0.4, -0.2) is 75.8 Å². The molecular formula is C23H32N4O5S. The van der Waals surface area contributed by atoms with Crippen molar-refractivity contribution in [2.75, 3.05) is 59.4 Å². The number of carbonyl (C=O) groups is 2.